The van der Waals surface area contributed by atoms with Crippen molar-refractivity contribution in [2.24, 2.45) is 0 Å². The predicted molar refractivity (Wildman–Crippen MR) is 142 cm³/mol. The Morgan fingerprint density at radius 3 is 2.28 bits per heavy atom. The molecule has 0 aliphatic rings. The van der Waals surface area contributed by atoms with Crippen LogP contribution in [0.3, 0.4) is 0 Å². The Bertz CT molecular complexity index is 1380. The number of carbonyl (C=O) groups is 2. The van der Waals surface area contributed by atoms with Gasteiger partial charge in [0, 0.05) is 17.1 Å². The number of carbonyl (C=O) groups excluding carboxylic acids is 2. The van der Waals surface area contributed by atoms with Crippen molar-refractivity contribution >= 4 is 40.7 Å². The molecule has 0 saturated carbocycles. The van der Waals surface area contributed by atoms with E-state index in [2.05, 4.69) is 10.6 Å². The van der Waals surface area contributed by atoms with Crippen molar-refractivity contribution in [3.05, 3.63) is 118 Å². The van der Waals surface area contributed by atoms with Crippen LogP contribution >= 0.6 is 23.2 Å². The van der Waals surface area contributed by atoms with Crippen LogP contribution in [0.5, 0.6) is 17.2 Å². The highest BCUT2D eigenvalue weighted by molar-refractivity contribution is 6.32. The number of ether oxygens (including phenoxy) is 1. The van der Waals surface area contributed by atoms with Gasteiger partial charge < -0.3 is 20.5 Å². The molecule has 0 saturated heterocycles. The van der Waals surface area contributed by atoms with Crippen molar-refractivity contribution in [2.75, 3.05) is 11.9 Å². The Morgan fingerprint density at radius 1 is 0.806 bits per heavy atom. The van der Waals surface area contributed by atoms with Gasteiger partial charge in [-0.3, -0.25) is 9.59 Å². The summed E-state index contributed by atoms with van der Waals surface area (Å²) in [6.45, 7) is 0.380. The SMILES string of the molecule is O=C(Nc1ccc(Oc2ccccc2)cc1C(=O)NCCc1ccc(Cl)cc1)c1ccc(O)c(Cl)c1. The van der Waals surface area contributed by atoms with E-state index < -0.39 is 5.91 Å². The van der Waals surface area contributed by atoms with E-state index in [0.717, 1.165) is 5.56 Å². The van der Waals surface area contributed by atoms with Gasteiger partial charge in [0.1, 0.15) is 17.2 Å². The van der Waals surface area contributed by atoms with E-state index in [-0.39, 0.29) is 27.8 Å². The third-order valence-corrected chi connectivity index (χ3v) is 5.84. The minimum absolute atomic E-state index is 0.0504. The lowest BCUT2D eigenvalue weighted by molar-refractivity contribution is 0.0954. The summed E-state index contributed by atoms with van der Waals surface area (Å²) in [6.07, 6.45) is 0.608. The molecule has 8 heteroatoms. The topological polar surface area (TPSA) is 87.7 Å². The van der Waals surface area contributed by atoms with Crippen molar-refractivity contribution in [1.82, 2.24) is 5.32 Å². The quantitative estimate of drug-likeness (QED) is 0.240. The van der Waals surface area contributed by atoms with Gasteiger partial charge in [-0.05, 0) is 72.6 Å². The molecule has 0 aliphatic carbocycles. The highest BCUT2D eigenvalue weighted by Gasteiger charge is 2.17. The lowest BCUT2D eigenvalue weighted by atomic mass is 10.1. The zero-order valence-electron chi connectivity index (χ0n) is 19.0. The number of nitrogens with one attached hydrogen (secondary N) is 2. The van der Waals surface area contributed by atoms with Gasteiger partial charge in [0.2, 0.25) is 0 Å². The molecule has 0 fully saturated rings. The second kappa shape index (κ2) is 11.6. The summed E-state index contributed by atoms with van der Waals surface area (Å²) in [6, 6.07) is 25.5. The summed E-state index contributed by atoms with van der Waals surface area (Å²) in [7, 11) is 0. The first-order chi connectivity index (χ1) is 17.4. The second-order valence-corrected chi connectivity index (χ2v) is 8.72. The van der Waals surface area contributed by atoms with Crippen LogP contribution < -0.4 is 15.4 Å². The van der Waals surface area contributed by atoms with E-state index in [1.54, 1.807) is 42.5 Å². The maximum absolute atomic E-state index is 13.1. The molecule has 0 aliphatic heterocycles. The predicted octanol–water partition coefficient (Wildman–Crippen LogP) is 6.72. The average Bonchev–Trinajstić information content (AvgIpc) is 2.88. The van der Waals surface area contributed by atoms with Crippen molar-refractivity contribution < 1.29 is 19.4 Å². The van der Waals surface area contributed by atoms with E-state index in [0.29, 0.717) is 35.2 Å². The Kier molecular flexibility index (Phi) is 8.10. The lowest BCUT2D eigenvalue weighted by Crippen LogP contribution is -2.27. The van der Waals surface area contributed by atoms with Crippen LogP contribution in [0.25, 0.3) is 0 Å². The van der Waals surface area contributed by atoms with Gasteiger partial charge >= 0.3 is 0 Å². The fourth-order valence-corrected chi connectivity index (χ4v) is 3.72. The van der Waals surface area contributed by atoms with Crippen LogP contribution in [0, 0.1) is 0 Å². The number of phenols is 1. The van der Waals surface area contributed by atoms with E-state index in [1.165, 1.54) is 18.2 Å². The van der Waals surface area contributed by atoms with Crippen LogP contribution in [0.2, 0.25) is 10.0 Å². The Labute approximate surface area is 218 Å². The molecule has 0 aromatic heterocycles. The largest absolute Gasteiger partial charge is 0.506 e. The van der Waals surface area contributed by atoms with Gasteiger partial charge in [0.25, 0.3) is 11.8 Å². The molecular formula is C28H22Cl2N2O4. The maximum atomic E-state index is 13.1. The maximum Gasteiger partial charge on any atom is 0.255 e. The Morgan fingerprint density at radius 2 is 1.56 bits per heavy atom. The molecule has 4 aromatic rings. The van der Waals surface area contributed by atoms with Gasteiger partial charge in [-0.2, -0.15) is 0 Å². The van der Waals surface area contributed by atoms with E-state index in [9.17, 15) is 14.7 Å². The molecule has 4 rings (SSSR count). The number of hydrogen-bond acceptors (Lipinski definition) is 4. The number of rotatable bonds is 8. The molecule has 0 unspecified atom stereocenters. The van der Waals surface area contributed by atoms with Crippen LogP contribution in [-0.2, 0) is 6.42 Å². The number of phenolic OH excluding ortho intramolecular Hbond substituents is 1. The molecule has 6 nitrogen and oxygen atoms in total. The summed E-state index contributed by atoms with van der Waals surface area (Å²) in [5.74, 6) is 0.0681. The third kappa shape index (κ3) is 6.56. The smallest absolute Gasteiger partial charge is 0.255 e. The Balaban J connectivity index is 1.54. The first-order valence-corrected chi connectivity index (χ1v) is 11.8. The first kappa shape index (κ1) is 25.1. The summed E-state index contributed by atoms with van der Waals surface area (Å²) in [5, 5.41) is 16.0. The van der Waals surface area contributed by atoms with E-state index >= 15 is 0 Å². The average molecular weight is 521 g/mol. The number of amides is 2. The van der Waals surface area contributed by atoms with Gasteiger partial charge in [0.15, 0.2) is 0 Å². The van der Waals surface area contributed by atoms with Crippen molar-refractivity contribution in [1.29, 1.82) is 0 Å². The van der Waals surface area contributed by atoms with Crippen molar-refractivity contribution in [3.8, 4) is 17.2 Å². The highest BCUT2D eigenvalue weighted by atomic mass is 35.5. The third-order valence-electron chi connectivity index (χ3n) is 5.29. The number of halogens is 2. The molecule has 4 aromatic carbocycles. The van der Waals surface area contributed by atoms with Gasteiger partial charge in [-0.15, -0.1) is 0 Å². The second-order valence-electron chi connectivity index (χ2n) is 7.88. The minimum atomic E-state index is -0.483. The van der Waals surface area contributed by atoms with E-state index in [4.69, 9.17) is 27.9 Å². The minimum Gasteiger partial charge on any atom is -0.506 e. The molecule has 0 heterocycles. The summed E-state index contributed by atoms with van der Waals surface area (Å²) >= 11 is 11.9. The zero-order chi connectivity index (χ0) is 25.5. The van der Waals surface area contributed by atoms with Gasteiger partial charge in [0.05, 0.1) is 16.3 Å². The fourth-order valence-electron chi connectivity index (χ4n) is 3.42. The van der Waals surface area contributed by atoms with Crippen LogP contribution in [0.4, 0.5) is 5.69 Å². The fraction of sp³-hybridized carbons (Fsp3) is 0.0714. The molecule has 0 spiro atoms. The zero-order valence-corrected chi connectivity index (χ0v) is 20.5. The number of benzene rings is 4. The molecule has 0 bridgehead atoms. The number of para-hydroxylation sites is 1. The summed E-state index contributed by atoms with van der Waals surface area (Å²) < 4.78 is 5.88. The number of hydrogen-bond donors (Lipinski definition) is 3. The number of aromatic hydroxyl groups is 1. The summed E-state index contributed by atoms with van der Waals surface area (Å²) in [4.78, 5) is 26.0. The monoisotopic (exact) mass is 520 g/mol. The van der Waals surface area contributed by atoms with Crippen molar-refractivity contribution in [2.45, 2.75) is 6.42 Å². The molecule has 182 valence electrons. The molecule has 36 heavy (non-hydrogen) atoms. The molecule has 0 atom stereocenters. The Hall–Kier alpha value is -4.00. The molecule has 3 N–H and O–H groups in total. The van der Waals surface area contributed by atoms with Gasteiger partial charge in [-0.25, -0.2) is 0 Å². The molecular weight excluding hydrogens is 499 g/mol. The summed E-state index contributed by atoms with van der Waals surface area (Å²) in [5.41, 5.74) is 1.79. The van der Waals surface area contributed by atoms with Crippen LogP contribution in [-0.4, -0.2) is 23.5 Å². The van der Waals surface area contributed by atoms with Crippen LogP contribution in [0.1, 0.15) is 26.3 Å². The lowest BCUT2D eigenvalue weighted by Gasteiger charge is -2.14. The first-order valence-electron chi connectivity index (χ1n) is 11.1. The molecule has 2 amide bonds. The van der Waals surface area contributed by atoms with E-state index in [1.807, 2.05) is 30.3 Å². The van der Waals surface area contributed by atoms with Crippen molar-refractivity contribution in [3.63, 3.8) is 0 Å². The normalized spacial score (nSPS) is 10.5. The highest BCUT2D eigenvalue weighted by Crippen LogP contribution is 2.28. The van der Waals surface area contributed by atoms with Crippen LogP contribution in [0.15, 0.2) is 91.0 Å². The molecule has 0 radical (unpaired) electrons. The standard InChI is InChI=1S/C28H22Cl2N2O4/c29-20-9-6-18(7-10-20)14-15-31-28(35)23-17-22(36-21-4-2-1-3-5-21)11-12-25(23)32-27(34)19-8-13-26(33)24(30)16-19/h1-13,16-17,33H,14-15H2,(H,31,35)(H,32,34). The number of anilines is 1. The van der Waals surface area contributed by atoms with Gasteiger partial charge in [-0.1, -0.05) is 53.5 Å².